The molecule has 0 aliphatic rings. The number of carbonyl (C=O) groups excluding carboxylic acids is 2. The van der Waals surface area contributed by atoms with Crippen molar-refractivity contribution >= 4 is 22.7 Å². The predicted molar refractivity (Wildman–Crippen MR) is 53.8 cm³/mol. The average Bonchev–Trinajstić information content (AvgIpc) is 2.13. The van der Waals surface area contributed by atoms with Crippen LogP contribution in [0.5, 0.6) is 0 Å². The zero-order valence-corrected chi connectivity index (χ0v) is 8.97. The molecular formula is C7H15N3O3S. The van der Waals surface area contributed by atoms with Gasteiger partial charge < -0.3 is 11.5 Å². The molecule has 0 rings (SSSR count). The lowest BCUT2D eigenvalue weighted by atomic mass is 10.4. The van der Waals surface area contributed by atoms with Gasteiger partial charge in [-0.25, -0.2) is 4.79 Å². The van der Waals surface area contributed by atoms with Gasteiger partial charge in [0.15, 0.2) is 0 Å². The molecule has 0 aromatic rings. The van der Waals surface area contributed by atoms with Crippen molar-refractivity contribution in [3.05, 3.63) is 0 Å². The monoisotopic (exact) mass is 221 g/mol. The molecule has 5 N–H and O–H groups in total. The van der Waals surface area contributed by atoms with Crippen LogP contribution < -0.4 is 16.8 Å². The maximum Gasteiger partial charge on any atom is 0.318 e. The summed E-state index contributed by atoms with van der Waals surface area (Å²) in [6, 6.07) is -0.945. The van der Waals surface area contributed by atoms with Crippen LogP contribution in [0.15, 0.2) is 0 Å². The molecule has 0 bridgehead atoms. The fourth-order valence-corrected chi connectivity index (χ4v) is 1.93. The number of nitrogens with two attached hydrogens (primary N) is 2. The third-order valence-electron chi connectivity index (χ3n) is 1.69. The SMILES string of the molecule is CC(CN)S(=O)C(C)C(=O)NC(N)=O. The van der Waals surface area contributed by atoms with Crippen molar-refractivity contribution in [2.75, 3.05) is 6.54 Å². The van der Waals surface area contributed by atoms with Crippen molar-refractivity contribution in [3.8, 4) is 0 Å². The Morgan fingerprint density at radius 1 is 1.43 bits per heavy atom. The zero-order valence-electron chi connectivity index (χ0n) is 8.15. The highest BCUT2D eigenvalue weighted by Crippen LogP contribution is 2.02. The Kier molecular flexibility index (Phi) is 5.32. The van der Waals surface area contributed by atoms with Crippen LogP contribution in [0.25, 0.3) is 0 Å². The minimum absolute atomic E-state index is 0.223. The Labute approximate surface area is 84.9 Å². The summed E-state index contributed by atoms with van der Waals surface area (Å²) in [5.74, 6) is -0.642. The van der Waals surface area contributed by atoms with Gasteiger partial charge in [-0.2, -0.15) is 0 Å². The molecule has 0 aromatic carbocycles. The van der Waals surface area contributed by atoms with Gasteiger partial charge in [0.25, 0.3) is 0 Å². The molecule has 0 aliphatic heterocycles. The van der Waals surface area contributed by atoms with E-state index in [9.17, 15) is 13.8 Å². The number of imide groups is 1. The van der Waals surface area contributed by atoms with E-state index in [1.165, 1.54) is 6.92 Å². The van der Waals surface area contributed by atoms with E-state index in [1.807, 2.05) is 5.32 Å². The summed E-state index contributed by atoms with van der Waals surface area (Å²) in [5.41, 5.74) is 10.0. The van der Waals surface area contributed by atoms with Crippen LogP contribution >= 0.6 is 0 Å². The molecular weight excluding hydrogens is 206 g/mol. The van der Waals surface area contributed by atoms with Crippen LogP contribution in [-0.4, -0.2) is 33.2 Å². The van der Waals surface area contributed by atoms with E-state index in [1.54, 1.807) is 6.92 Å². The highest BCUT2D eigenvalue weighted by atomic mass is 32.2. The summed E-state index contributed by atoms with van der Waals surface area (Å²) in [6.45, 7) is 3.35. The molecule has 0 aliphatic carbocycles. The molecule has 14 heavy (non-hydrogen) atoms. The average molecular weight is 221 g/mol. The highest BCUT2D eigenvalue weighted by Gasteiger charge is 2.24. The highest BCUT2D eigenvalue weighted by molar-refractivity contribution is 7.87. The molecule has 6 nitrogen and oxygen atoms in total. The van der Waals surface area contributed by atoms with E-state index in [0.717, 1.165) is 0 Å². The van der Waals surface area contributed by atoms with Crippen molar-refractivity contribution in [3.63, 3.8) is 0 Å². The molecule has 0 spiro atoms. The van der Waals surface area contributed by atoms with Gasteiger partial charge in [-0.1, -0.05) is 0 Å². The molecule has 0 aromatic heterocycles. The molecule has 82 valence electrons. The van der Waals surface area contributed by atoms with E-state index >= 15 is 0 Å². The number of nitrogens with one attached hydrogen (secondary N) is 1. The number of amides is 3. The van der Waals surface area contributed by atoms with Gasteiger partial charge in [0.2, 0.25) is 5.91 Å². The first-order valence-electron chi connectivity index (χ1n) is 4.09. The molecule has 3 unspecified atom stereocenters. The standard InChI is InChI=1S/C7H15N3O3S/c1-4(3-8)14(13)5(2)6(11)10-7(9)12/h4-5H,3,8H2,1-2H3,(H3,9,10,11,12). The van der Waals surface area contributed by atoms with Crippen molar-refractivity contribution in [2.24, 2.45) is 11.5 Å². The Morgan fingerprint density at radius 2 is 1.93 bits per heavy atom. The molecule has 3 amide bonds. The lowest BCUT2D eigenvalue weighted by molar-refractivity contribution is -0.119. The van der Waals surface area contributed by atoms with E-state index in [-0.39, 0.29) is 11.8 Å². The van der Waals surface area contributed by atoms with Crippen molar-refractivity contribution < 1.29 is 13.8 Å². The van der Waals surface area contributed by atoms with E-state index in [0.29, 0.717) is 0 Å². The first-order chi connectivity index (χ1) is 6.40. The summed E-state index contributed by atoms with van der Waals surface area (Å²) < 4.78 is 11.5. The normalized spacial score (nSPS) is 16.8. The Bertz CT molecular complexity index is 257. The first-order valence-corrected chi connectivity index (χ1v) is 5.37. The summed E-state index contributed by atoms with van der Waals surface area (Å²) >= 11 is 0. The molecule has 0 saturated carbocycles. The maximum absolute atomic E-state index is 11.5. The molecule has 0 saturated heterocycles. The largest absolute Gasteiger partial charge is 0.351 e. The number of hydrogen-bond acceptors (Lipinski definition) is 4. The second-order valence-corrected chi connectivity index (χ2v) is 5.04. The predicted octanol–water partition coefficient (Wildman–Crippen LogP) is -1.33. The van der Waals surface area contributed by atoms with Crippen LogP contribution in [0.2, 0.25) is 0 Å². The molecule has 0 fully saturated rings. The third-order valence-corrected chi connectivity index (χ3v) is 3.59. The van der Waals surface area contributed by atoms with Gasteiger partial charge in [0.05, 0.1) is 0 Å². The summed E-state index contributed by atoms with van der Waals surface area (Å²) in [6.07, 6.45) is 0. The lowest BCUT2D eigenvalue weighted by Crippen LogP contribution is -2.44. The van der Waals surface area contributed by atoms with E-state index in [4.69, 9.17) is 11.5 Å². The van der Waals surface area contributed by atoms with Gasteiger partial charge in [0, 0.05) is 22.6 Å². The van der Waals surface area contributed by atoms with E-state index < -0.39 is 28.0 Å². The second kappa shape index (κ2) is 5.71. The van der Waals surface area contributed by atoms with Crippen LogP contribution in [0, 0.1) is 0 Å². The number of carbonyl (C=O) groups is 2. The van der Waals surface area contributed by atoms with Gasteiger partial charge in [0.1, 0.15) is 5.25 Å². The minimum Gasteiger partial charge on any atom is -0.351 e. The fourth-order valence-electron chi connectivity index (χ4n) is 0.772. The van der Waals surface area contributed by atoms with E-state index in [2.05, 4.69) is 0 Å². The maximum atomic E-state index is 11.5. The fraction of sp³-hybridized carbons (Fsp3) is 0.714. The molecule has 0 radical (unpaired) electrons. The Morgan fingerprint density at radius 3 is 2.29 bits per heavy atom. The van der Waals surface area contributed by atoms with Crippen molar-refractivity contribution in [1.82, 2.24) is 5.32 Å². The topological polar surface area (TPSA) is 115 Å². The van der Waals surface area contributed by atoms with Gasteiger partial charge in [-0.3, -0.25) is 14.3 Å². The summed E-state index contributed by atoms with van der Waals surface area (Å²) in [4.78, 5) is 21.5. The minimum atomic E-state index is -1.40. The Balaban J connectivity index is 4.31. The second-order valence-electron chi connectivity index (χ2n) is 2.87. The number of rotatable bonds is 4. The number of urea groups is 1. The van der Waals surface area contributed by atoms with Crippen molar-refractivity contribution in [2.45, 2.75) is 24.3 Å². The van der Waals surface area contributed by atoms with Crippen LogP contribution in [-0.2, 0) is 15.6 Å². The van der Waals surface area contributed by atoms with Crippen LogP contribution in [0.3, 0.4) is 0 Å². The molecule has 7 heteroatoms. The van der Waals surface area contributed by atoms with Gasteiger partial charge >= 0.3 is 6.03 Å². The van der Waals surface area contributed by atoms with Gasteiger partial charge in [-0.05, 0) is 13.8 Å². The van der Waals surface area contributed by atoms with Crippen molar-refractivity contribution in [1.29, 1.82) is 0 Å². The number of hydrogen-bond donors (Lipinski definition) is 3. The zero-order chi connectivity index (χ0) is 11.3. The third kappa shape index (κ3) is 3.84. The summed E-state index contributed by atoms with van der Waals surface area (Å²) in [5, 5.41) is 0.789. The van der Waals surface area contributed by atoms with Crippen LogP contribution in [0.4, 0.5) is 4.79 Å². The Hall–Kier alpha value is -0.950. The number of primary amides is 1. The molecule has 0 heterocycles. The quantitative estimate of drug-likeness (QED) is 0.545. The first kappa shape index (κ1) is 13.1. The molecule has 3 atom stereocenters. The smallest absolute Gasteiger partial charge is 0.318 e. The lowest BCUT2D eigenvalue weighted by Gasteiger charge is -2.14. The van der Waals surface area contributed by atoms with Gasteiger partial charge in [-0.15, -0.1) is 0 Å². The van der Waals surface area contributed by atoms with Crippen LogP contribution in [0.1, 0.15) is 13.8 Å². The summed E-state index contributed by atoms with van der Waals surface area (Å²) in [7, 11) is -1.40.